The number of aromatic nitrogens is 1. The summed E-state index contributed by atoms with van der Waals surface area (Å²) in [6.07, 6.45) is 2.16. The summed E-state index contributed by atoms with van der Waals surface area (Å²) in [5.74, 6) is 0. The molecule has 0 amide bonds. The number of aliphatic hydroxyl groups is 1. The number of rotatable bonds is 9. The Morgan fingerprint density at radius 3 is 2.69 bits per heavy atom. The van der Waals surface area contributed by atoms with Gasteiger partial charge in [0.2, 0.25) is 0 Å². The van der Waals surface area contributed by atoms with Crippen molar-refractivity contribution in [3.63, 3.8) is 0 Å². The number of aliphatic hydroxyl groups excluding tert-OH is 1. The summed E-state index contributed by atoms with van der Waals surface area (Å²) in [5, 5.41) is 14.6. The molecule has 0 aliphatic carbocycles. The molecule has 1 aromatic heterocycles. The fourth-order valence-electron chi connectivity index (χ4n) is 2.96. The van der Waals surface area contributed by atoms with E-state index in [-0.39, 0.29) is 6.61 Å². The molecule has 0 unspecified atom stereocenters. The SMILES string of the molecule is OCCOCCNCc1cn(Cc2ccc(Cl)cc2Cl)c2ccccc12. The Balaban J connectivity index is 1.74. The van der Waals surface area contributed by atoms with Gasteiger partial charge >= 0.3 is 0 Å². The summed E-state index contributed by atoms with van der Waals surface area (Å²) in [7, 11) is 0. The second kappa shape index (κ2) is 9.40. The molecule has 0 bridgehead atoms. The van der Waals surface area contributed by atoms with Gasteiger partial charge in [0, 0.05) is 46.8 Å². The minimum atomic E-state index is 0.0563. The summed E-state index contributed by atoms with van der Waals surface area (Å²) < 4.78 is 7.48. The Morgan fingerprint density at radius 1 is 1.04 bits per heavy atom. The highest BCUT2D eigenvalue weighted by molar-refractivity contribution is 6.35. The quantitative estimate of drug-likeness (QED) is 0.539. The third kappa shape index (κ3) is 4.78. The van der Waals surface area contributed by atoms with Crippen LogP contribution in [0.5, 0.6) is 0 Å². The molecular formula is C20H22Cl2N2O2. The van der Waals surface area contributed by atoms with Gasteiger partial charge in [-0.05, 0) is 29.3 Å². The van der Waals surface area contributed by atoms with Gasteiger partial charge in [-0.2, -0.15) is 0 Å². The first kappa shape index (κ1) is 19.2. The lowest BCUT2D eigenvalue weighted by Gasteiger charge is -2.08. The van der Waals surface area contributed by atoms with Crippen LogP contribution in [0.15, 0.2) is 48.7 Å². The van der Waals surface area contributed by atoms with Crippen LogP contribution in [0.25, 0.3) is 10.9 Å². The zero-order valence-corrected chi connectivity index (χ0v) is 15.9. The Hall–Kier alpha value is -1.56. The Kier molecular flexibility index (Phi) is 6.94. The van der Waals surface area contributed by atoms with Crippen molar-refractivity contribution in [2.24, 2.45) is 0 Å². The van der Waals surface area contributed by atoms with Gasteiger partial charge in [-0.1, -0.05) is 47.5 Å². The van der Waals surface area contributed by atoms with Crippen LogP contribution in [0, 0.1) is 0 Å². The number of nitrogens with zero attached hydrogens (tertiary/aromatic N) is 1. The second-order valence-electron chi connectivity index (χ2n) is 6.05. The molecule has 26 heavy (non-hydrogen) atoms. The fraction of sp³-hybridized carbons (Fsp3) is 0.300. The predicted octanol–water partition coefficient (Wildman–Crippen LogP) is 4.09. The molecule has 0 aliphatic heterocycles. The van der Waals surface area contributed by atoms with Crippen LogP contribution in [-0.2, 0) is 17.8 Å². The first-order valence-electron chi connectivity index (χ1n) is 8.59. The van der Waals surface area contributed by atoms with Crippen molar-refractivity contribution in [1.29, 1.82) is 0 Å². The van der Waals surface area contributed by atoms with Gasteiger partial charge in [-0.3, -0.25) is 0 Å². The van der Waals surface area contributed by atoms with E-state index in [0.717, 1.165) is 18.7 Å². The molecule has 138 valence electrons. The molecule has 0 saturated heterocycles. The van der Waals surface area contributed by atoms with E-state index in [0.29, 0.717) is 29.8 Å². The van der Waals surface area contributed by atoms with Crippen molar-refractivity contribution in [3.05, 3.63) is 69.8 Å². The number of hydrogen-bond donors (Lipinski definition) is 2. The summed E-state index contributed by atoms with van der Waals surface area (Å²) >= 11 is 12.3. The minimum absolute atomic E-state index is 0.0563. The van der Waals surface area contributed by atoms with E-state index in [4.69, 9.17) is 33.0 Å². The average molecular weight is 393 g/mol. The molecule has 0 aliphatic rings. The Morgan fingerprint density at radius 2 is 1.88 bits per heavy atom. The standard InChI is InChI=1S/C20H22Cl2N2O2/c21-17-6-5-15(19(22)11-17)13-24-14-16(12-23-7-9-26-10-8-25)18-3-1-2-4-20(18)24/h1-6,11,14,23,25H,7-10,12-13H2. The van der Waals surface area contributed by atoms with Crippen molar-refractivity contribution >= 4 is 34.1 Å². The molecule has 2 N–H and O–H groups in total. The van der Waals surface area contributed by atoms with Crippen molar-refractivity contribution in [3.8, 4) is 0 Å². The van der Waals surface area contributed by atoms with Crippen LogP contribution in [-0.4, -0.2) is 36.0 Å². The number of benzene rings is 2. The largest absolute Gasteiger partial charge is 0.394 e. The third-order valence-electron chi connectivity index (χ3n) is 4.20. The molecule has 2 aromatic carbocycles. The maximum absolute atomic E-state index is 8.71. The van der Waals surface area contributed by atoms with Gasteiger partial charge in [0.1, 0.15) is 0 Å². The van der Waals surface area contributed by atoms with Crippen LogP contribution >= 0.6 is 23.2 Å². The Bertz CT molecular complexity index is 864. The lowest BCUT2D eigenvalue weighted by atomic mass is 10.2. The Labute approximate surface area is 163 Å². The molecule has 0 fully saturated rings. The molecule has 1 heterocycles. The minimum Gasteiger partial charge on any atom is -0.394 e. The molecule has 4 nitrogen and oxygen atoms in total. The van der Waals surface area contributed by atoms with Gasteiger partial charge in [0.05, 0.1) is 19.8 Å². The molecule has 0 radical (unpaired) electrons. The zero-order chi connectivity index (χ0) is 18.4. The van der Waals surface area contributed by atoms with E-state index >= 15 is 0 Å². The number of hydrogen-bond acceptors (Lipinski definition) is 3. The van der Waals surface area contributed by atoms with Crippen LogP contribution in [0.3, 0.4) is 0 Å². The highest BCUT2D eigenvalue weighted by Gasteiger charge is 2.10. The van der Waals surface area contributed by atoms with Crippen LogP contribution in [0.1, 0.15) is 11.1 Å². The van der Waals surface area contributed by atoms with E-state index in [9.17, 15) is 0 Å². The maximum atomic E-state index is 8.71. The lowest BCUT2D eigenvalue weighted by molar-refractivity contribution is 0.0938. The molecule has 0 saturated carbocycles. The van der Waals surface area contributed by atoms with Gasteiger partial charge in [0.15, 0.2) is 0 Å². The maximum Gasteiger partial charge on any atom is 0.0698 e. The molecule has 3 aromatic rings. The summed E-state index contributed by atoms with van der Waals surface area (Å²) in [6.45, 7) is 3.20. The fourth-order valence-corrected chi connectivity index (χ4v) is 3.43. The molecule has 0 atom stereocenters. The molecule has 3 rings (SSSR count). The third-order valence-corrected chi connectivity index (χ3v) is 4.79. The van der Waals surface area contributed by atoms with Crippen molar-refractivity contribution in [2.75, 3.05) is 26.4 Å². The van der Waals surface area contributed by atoms with Gasteiger partial charge < -0.3 is 19.7 Å². The summed E-state index contributed by atoms with van der Waals surface area (Å²) in [4.78, 5) is 0. The first-order chi connectivity index (χ1) is 12.7. The summed E-state index contributed by atoms with van der Waals surface area (Å²) in [5.41, 5.74) is 3.44. The van der Waals surface area contributed by atoms with Gasteiger partial charge in [-0.25, -0.2) is 0 Å². The second-order valence-corrected chi connectivity index (χ2v) is 6.89. The zero-order valence-electron chi connectivity index (χ0n) is 14.4. The van der Waals surface area contributed by atoms with Gasteiger partial charge in [0.25, 0.3) is 0 Å². The highest BCUT2D eigenvalue weighted by atomic mass is 35.5. The lowest BCUT2D eigenvalue weighted by Crippen LogP contribution is -2.19. The molecular weight excluding hydrogens is 371 g/mol. The number of halogens is 2. The van der Waals surface area contributed by atoms with Crippen LogP contribution < -0.4 is 5.32 Å². The normalized spacial score (nSPS) is 11.3. The average Bonchev–Trinajstić information content (AvgIpc) is 2.98. The van der Waals surface area contributed by atoms with E-state index in [2.05, 4.69) is 34.3 Å². The van der Waals surface area contributed by atoms with E-state index < -0.39 is 0 Å². The number of ether oxygens (including phenoxy) is 1. The first-order valence-corrected chi connectivity index (χ1v) is 9.34. The van der Waals surface area contributed by atoms with Crippen molar-refractivity contribution in [2.45, 2.75) is 13.1 Å². The van der Waals surface area contributed by atoms with E-state index in [1.54, 1.807) is 6.07 Å². The van der Waals surface area contributed by atoms with Crippen molar-refractivity contribution in [1.82, 2.24) is 9.88 Å². The van der Waals surface area contributed by atoms with Crippen LogP contribution in [0.2, 0.25) is 10.0 Å². The number of para-hydroxylation sites is 1. The molecule has 6 heteroatoms. The number of nitrogens with one attached hydrogen (secondary N) is 1. The predicted molar refractivity (Wildman–Crippen MR) is 107 cm³/mol. The summed E-state index contributed by atoms with van der Waals surface area (Å²) in [6, 6.07) is 14.0. The van der Waals surface area contributed by atoms with Crippen molar-refractivity contribution < 1.29 is 9.84 Å². The number of fused-ring (bicyclic) bond motifs is 1. The van der Waals surface area contributed by atoms with E-state index in [1.807, 2.05) is 18.2 Å². The smallest absolute Gasteiger partial charge is 0.0698 e. The molecule has 0 spiro atoms. The van der Waals surface area contributed by atoms with E-state index in [1.165, 1.54) is 16.5 Å². The van der Waals surface area contributed by atoms with Gasteiger partial charge in [-0.15, -0.1) is 0 Å². The van der Waals surface area contributed by atoms with Crippen LogP contribution in [0.4, 0.5) is 0 Å². The topological polar surface area (TPSA) is 46.4 Å². The highest BCUT2D eigenvalue weighted by Crippen LogP contribution is 2.26. The monoisotopic (exact) mass is 392 g/mol.